The van der Waals surface area contributed by atoms with Crippen LogP contribution in [-0.4, -0.2) is 4.98 Å². The Hall–Kier alpha value is -0.960. The fourth-order valence-corrected chi connectivity index (χ4v) is 5.80. The third-order valence-electron chi connectivity index (χ3n) is 6.02. The lowest BCUT2D eigenvalue weighted by Crippen LogP contribution is -2.47. The Kier molecular flexibility index (Phi) is 2.88. The van der Waals surface area contributed by atoms with Crippen LogP contribution < -0.4 is 5.73 Å². The van der Waals surface area contributed by atoms with E-state index in [1.807, 2.05) is 0 Å². The molecule has 0 amide bonds. The lowest BCUT2D eigenvalue weighted by atomic mass is 9.48. The third kappa shape index (κ3) is 2.07. The van der Waals surface area contributed by atoms with Gasteiger partial charge >= 0.3 is 0 Å². The molecule has 108 valence electrons. The number of aromatic nitrogens is 1. The highest BCUT2D eigenvalue weighted by Crippen LogP contribution is 2.62. The average Bonchev–Trinajstić information content (AvgIpc) is 2.36. The minimum absolute atomic E-state index is 0.172. The lowest BCUT2D eigenvalue weighted by Gasteiger charge is -2.57. The van der Waals surface area contributed by atoms with Crippen LogP contribution in [0.15, 0.2) is 18.5 Å². The van der Waals surface area contributed by atoms with Crippen LogP contribution in [0.25, 0.3) is 0 Å². The molecule has 4 aliphatic carbocycles. The number of rotatable bonds is 3. The zero-order chi connectivity index (χ0) is 13.7. The van der Waals surface area contributed by atoms with Crippen LogP contribution >= 0.6 is 0 Å². The first kappa shape index (κ1) is 12.8. The molecule has 0 aromatic carbocycles. The van der Waals surface area contributed by atoms with E-state index in [1.54, 1.807) is 12.3 Å². The Labute approximate surface area is 120 Å². The van der Waals surface area contributed by atoms with Gasteiger partial charge < -0.3 is 5.73 Å². The predicted octanol–water partition coefficient (Wildman–Crippen LogP) is 3.83. The predicted molar refractivity (Wildman–Crippen MR) is 76.3 cm³/mol. The molecule has 4 saturated carbocycles. The van der Waals surface area contributed by atoms with Crippen LogP contribution in [0.4, 0.5) is 4.39 Å². The summed E-state index contributed by atoms with van der Waals surface area (Å²) in [5, 5.41) is 0. The smallest absolute Gasteiger partial charge is 0.146 e. The fourth-order valence-electron chi connectivity index (χ4n) is 5.80. The number of halogens is 1. The van der Waals surface area contributed by atoms with Crippen molar-refractivity contribution in [1.29, 1.82) is 0 Å². The van der Waals surface area contributed by atoms with E-state index in [0.717, 1.165) is 24.2 Å². The maximum absolute atomic E-state index is 13.9. The van der Waals surface area contributed by atoms with Crippen molar-refractivity contribution in [3.05, 3.63) is 29.8 Å². The highest BCUT2D eigenvalue weighted by molar-refractivity contribution is 5.18. The van der Waals surface area contributed by atoms with Crippen LogP contribution in [0, 0.1) is 29.0 Å². The van der Waals surface area contributed by atoms with Crippen molar-refractivity contribution >= 4 is 0 Å². The molecule has 20 heavy (non-hydrogen) atoms. The summed E-state index contributed by atoms with van der Waals surface area (Å²) in [4.78, 5) is 3.82. The Morgan fingerprint density at radius 2 is 1.80 bits per heavy atom. The highest BCUT2D eigenvalue weighted by Gasteiger charge is 2.51. The van der Waals surface area contributed by atoms with Crippen molar-refractivity contribution in [1.82, 2.24) is 4.98 Å². The monoisotopic (exact) mass is 274 g/mol. The summed E-state index contributed by atoms with van der Waals surface area (Å²) < 4.78 is 13.9. The van der Waals surface area contributed by atoms with Crippen LogP contribution in [0.5, 0.6) is 0 Å². The quantitative estimate of drug-likeness (QED) is 0.910. The molecule has 4 bridgehead atoms. The van der Waals surface area contributed by atoms with Crippen molar-refractivity contribution in [2.75, 3.05) is 0 Å². The molecule has 0 saturated heterocycles. The highest BCUT2D eigenvalue weighted by atomic mass is 19.1. The van der Waals surface area contributed by atoms with Gasteiger partial charge in [-0.25, -0.2) is 4.39 Å². The molecule has 1 aromatic heterocycles. The van der Waals surface area contributed by atoms with Crippen LogP contribution in [0.1, 0.15) is 56.6 Å². The molecule has 5 rings (SSSR count). The molecule has 2 N–H and O–H groups in total. The first-order valence-electron chi connectivity index (χ1n) is 7.98. The van der Waals surface area contributed by atoms with Crippen molar-refractivity contribution in [2.24, 2.45) is 28.9 Å². The number of hydrogen-bond donors (Lipinski definition) is 1. The lowest BCUT2D eigenvalue weighted by molar-refractivity contribution is -0.0606. The SMILES string of the molecule is NC(CC12CC3CC(CC(C3)C1)C2)c1ccncc1F. The van der Waals surface area contributed by atoms with Gasteiger partial charge in [0, 0.05) is 17.8 Å². The molecule has 0 spiro atoms. The van der Waals surface area contributed by atoms with Gasteiger partial charge in [-0.05, 0) is 74.2 Å². The van der Waals surface area contributed by atoms with Gasteiger partial charge in [0.05, 0.1) is 6.20 Å². The molecule has 1 heterocycles. The Balaban J connectivity index is 1.55. The molecular weight excluding hydrogens is 251 g/mol. The van der Waals surface area contributed by atoms with Gasteiger partial charge in [0.1, 0.15) is 5.82 Å². The molecular formula is C17H23FN2. The Bertz CT molecular complexity index is 478. The summed E-state index contributed by atoms with van der Waals surface area (Å²) in [5.41, 5.74) is 7.40. The van der Waals surface area contributed by atoms with E-state index in [-0.39, 0.29) is 11.9 Å². The van der Waals surface area contributed by atoms with E-state index in [1.165, 1.54) is 44.7 Å². The Morgan fingerprint density at radius 1 is 1.20 bits per heavy atom. The summed E-state index contributed by atoms with van der Waals surface area (Å²) >= 11 is 0. The first-order valence-corrected chi connectivity index (χ1v) is 7.98. The largest absolute Gasteiger partial charge is 0.324 e. The van der Waals surface area contributed by atoms with Gasteiger partial charge in [0.15, 0.2) is 0 Å². The van der Waals surface area contributed by atoms with Gasteiger partial charge in [-0.1, -0.05) is 0 Å². The zero-order valence-electron chi connectivity index (χ0n) is 11.9. The zero-order valence-corrected chi connectivity index (χ0v) is 11.9. The van der Waals surface area contributed by atoms with E-state index in [0.29, 0.717) is 11.0 Å². The molecule has 3 heteroatoms. The number of hydrogen-bond acceptors (Lipinski definition) is 2. The first-order chi connectivity index (χ1) is 9.63. The molecule has 0 aliphatic heterocycles. The molecule has 1 aromatic rings. The summed E-state index contributed by atoms with van der Waals surface area (Å²) in [6.45, 7) is 0. The van der Waals surface area contributed by atoms with Crippen LogP contribution in [-0.2, 0) is 0 Å². The second kappa shape index (κ2) is 4.52. The van der Waals surface area contributed by atoms with E-state index in [4.69, 9.17) is 5.73 Å². The maximum atomic E-state index is 13.9. The van der Waals surface area contributed by atoms with Gasteiger partial charge in [0.25, 0.3) is 0 Å². The van der Waals surface area contributed by atoms with Gasteiger partial charge in [-0.3, -0.25) is 4.98 Å². The second-order valence-corrected chi connectivity index (χ2v) is 7.63. The van der Waals surface area contributed by atoms with E-state index >= 15 is 0 Å². The summed E-state index contributed by atoms with van der Waals surface area (Å²) in [7, 11) is 0. The molecule has 4 aliphatic rings. The normalized spacial score (nSPS) is 40.0. The summed E-state index contributed by atoms with van der Waals surface area (Å²) in [6.07, 6.45) is 12.2. The van der Waals surface area contributed by atoms with Crippen molar-refractivity contribution in [2.45, 2.75) is 51.0 Å². The van der Waals surface area contributed by atoms with Gasteiger partial charge in [-0.2, -0.15) is 0 Å². The number of nitrogens with zero attached hydrogens (tertiary/aromatic N) is 1. The van der Waals surface area contributed by atoms with Crippen LogP contribution in [0.3, 0.4) is 0 Å². The third-order valence-corrected chi connectivity index (χ3v) is 6.02. The summed E-state index contributed by atoms with van der Waals surface area (Å²) in [6, 6.07) is 1.58. The molecule has 1 unspecified atom stereocenters. The minimum Gasteiger partial charge on any atom is -0.324 e. The number of pyridine rings is 1. The van der Waals surface area contributed by atoms with Crippen molar-refractivity contribution in [3.63, 3.8) is 0 Å². The maximum Gasteiger partial charge on any atom is 0.146 e. The summed E-state index contributed by atoms with van der Waals surface area (Å²) in [5.74, 6) is 2.53. The number of nitrogens with two attached hydrogens (primary N) is 1. The van der Waals surface area contributed by atoms with Crippen molar-refractivity contribution < 1.29 is 4.39 Å². The molecule has 1 atom stereocenters. The molecule has 4 fully saturated rings. The Morgan fingerprint density at radius 3 is 2.35 bits per heavy atom. The van der Waals surface area contributed by atoms with E-state index in [9.17, 15) is 4.39 Å². The average molecular weight is 274 g/mol. The van der Waals surface area contributed by atoms with E-state index < -0.39 is 0 Å². The van der Waals surface area contributed by atoms with Crippen molar-refractivity contribution in [3.8, 4) is 0 Å². The van der Waals surface area contributed by atoms with E-state index in [2.05, 4.69) is 4.98 Å². The second-order valence-electron chi connectivity index (χ2n) is 7.63. The molecule has 2 nitrogen and oxygen atoms in total. The van der Waals surface area contributed by atoms with Gasteiger partial charge in [-0.15, -0.1) is 0 Å². The molecule has 0 radical (unpaired) electrons. The minimum atomic E-state index is -0.246. The van der Waals surface area contributed by atoms with Crippen LogP contribution in [0.2, 0.25) is 0 Å². The fraction of sp³-hybridized carbons (Fsp3) is 0.706. The standard InChI is InChI=1S/C17H23FN2/c18-15-10-20-2-1-14(15)16(19)9-17-6-11-3-12(7-17)5-13(4-11)8-17/h1-2,10-13,16H,3-9,19H2. The topological polar surface area (TPSA) is 38.9 Å². The van der Waals surface area contributed by atoms with Gasteiger partial charge in [0.2, 0.25) is 0 Å².